The van der Waals surface area contributed by atoms with Gasteiger partial charge in [-0.15, -0.1) is 0 Å². The van der Waals surface area contributed by atoms with Crippen LogP contribution in [-0.4, -0.2) is 39.5 Å². The van der Waals surface area contributed by atoms with Gasteiger partial charge in [0.1, 0.15) is 0 Å². The summed E-state index contributed by atoms with van der Waals surface area (Å²) in [6.45, 7) is 0.452. The van der Waals surface area contributed by atoms with Crippen LogP contribution in [0.15, 0.2) is 24.4 Å². The molecular formula is C17H20N4O5. The van der Waals surface area contributed by atoms with Crippen molar-refractivity contribution in [1.82, 2.24) is 9.78 Å². The Morgan fingerprint density at radius 2 is 2.35 bits per heavy atom. The highest BCUT2D eigenvalue weighted by atomic mass is 16.6. The molecule has 1 aliphatic carbocycles. The summed E-state index contributed by atoms with van der Waals surface area (Å²) in [5.41, 5.74) is 2.51. The summed E-state index contributed by atoms with van der Waals surface area (Å²) in [6.07, 6.45) is 4.42. The number of nitrogens with one attached hydrogen (secondary N) is 1. The molecule has 138 valence electrons. The maximum absolute atomic E-state index is 12.1. The Balaban J connectivity index is 1.92. The highest BCUT2D eigenvalue weighted by Gasteiger charge is 2.26. The summed E-state index contributed by atoms with van der Waals surface area (Å²) in [5, 5.41) is 27.8. The molecule has 2 aromatic rings. The van der Waals surface area contributed by atoms with Crippen LogP contribution in [0.25, 0.3) is 0 Å². The zero-order valence-corrected chi connectivity index (χ0v) is 14.3. The molecule has 0 fully saturated rings. The minimum absolute atomic E-state index is 0.0149. The fraction of sp³-hybridized carbons (Fsp3) is 0.412. The Morgan fingerprint density at radius 1 is 1.54 bits per heavy atom. The van der Waals surface area contributed by atoms with Crippen LogP contribution in [0.2, 0.25) is 0 Å². The average Bonchev–Trinajstić information content (AvgIpc) is 3.05. The highest BCUT2D eigenvalue weighted by Crippen LogP contribution is 2.34. The van der Waals surface area contributed by atoms with Crippen molar-refractivity contribution in [2.75, 3.05) is 19.0 Å². The number of esters is 1. The number of rotatable bonds is 6. The number of nitro groups is 1. The summed E-state index contributed by atoms with van der Waals surface area (Å²) in [5.74, 6) is -0.636. The lowest BCUT2D eigenvalue weighted by atomic mass is 9.92. The predicted octanol–water partition coefficient (Wildman–Crippen LogP) is 2.06. The molecule has 9 heteroatoms. The van der Waals surface area contributed by atoms with Crippen molar-refractivity contribution < 1.29 is 19.6 Å². The van der Waals surface area contributed by atoms with E-state index in [9.17, 15) is 14.9 Å². The first kappa shape index (κ1) is 17.9. The van der Waals surface area contributed by atoms with Crippen LogP contribution >= 0.6 is 0 Å². The third kappa shape index (κ3) is 3.38. The number of carbonyl (C=O) groups excluding carboxylic acids is 1. The van der Waals surface area contributed by atoms with Gasteiger partial charge in [-0.2, -0.15) is 5.10 Å². The molecule has 0 bridgehead atoms. The number of aliphatic hydroxyl groups excluding tert-OH is 1. The van der Waals surface area contributed by atoms with E-state index < -0.39 is 10.9 Å². The van der Waals surface area contributed by atoms with Crippen molar-refractivity contribution in [2.45, 2.75) is 31.8 Å². The lowest BCUT2D eigenvalue weighted by Crippen LogP contribution is -2.20. The first-order valence-electron chi connectivity index (χ1n) is 8.34. The van der Waals surface area contributed by atoms with Gasteiger partial charge in [0, 0.05) is 29.1 Å². The lowest BCUT2D eigenvalue weighted by Gasteiger charge is -2.26. The molecule has 0 saturated carbocycles. The largest absolute Gasteiger partial charge is 0.465 e. The van der Waals surface area contributed by atoms with Crippen molar-refractivity contribution in [2.24, 2.45) is 0 Å². The van der Waals surface area contributed by atoms with Crippen LogP contribution in [0.5, 0.6) is 0 Å². The molecule has 0 saturated heterocycles. The second-order valence-electron chi connectivity index (χ2n) is 6.06. The van der Waals surface area contributed by atoms with E-state index in [1.807, 2.05) is 0 Å². The molecule has 2 N–H and O–H groups in total. The van der Waals surface area contributed by atoms with Crippen LogP contribution in [0.3, 0.4) is 0 Å². The molecule has 3 rings (SSSR count). The average molecular weight is 360 g/mol. The third-order valence-electron chi connectivity index (χ3n) is 4.52. The number of non-ortho nitro benzene ring substituents is 1. The number of aliphatic hydroxyl groups is 1. The Morgan fingerprint density at radius 3 is 3.04 bits per heavy atom. The maximum Gasteiger partial charge on any atom is 0.340 e. The number of aromatic nitrogens is 2. The summed E-state index contributed by atoms with van der Waals surface area (Å²) >= 11 is 0. The van der Waals surface area contributed by atoms with Gasteiger partial charge >= 0.3 is 5.97 Å². The normalized spacial score (nSPS) is 16.0. The zero-order valence-electron chi connectivity index (χ0n) is 14.3. The van der Waals surface area contributed by atoms with Crippen molar-refractivity contribution in [1.29, 1.82) is 0 Å². The fourth-order valence-corrected chi connectivity index (χ4v) is 3.29. The number of hydrogen-bond acceptors (Lipinski definition) is 7. The van der Waals surface area contributed by atoms with Crippen LogP contribution in [0.4, 0.5) is 11.4 Å². The number of fused-ring (bicyclic) bond motifs is 1. The number of nitro benzene ring substituents is 1. The Bertz CT molecular complexity index is 833. The second-order valence-corrected chi connectivity index (χ2v) is 6.06. The van der Waals surface area contributed by atoms with Crippen molar-refractivity contribution >= 4 is 17.3 Å². The minimum Gasteiger partial charge on any atom is -0.465 e. The summed E-state index contributed by atoms with van der Waals surface area (Å²) in [7, 11) is 1.24. The SMILES string of the molecule is COC(=O)c1cc([N+](=O)[O-])ccc1NC1CCCc2c1cnn2CCO. The topological polar surface area (TPSA) is 120 Å². The molecule has 0 radical (unpaired) electrons. The van der Waals surface area contributed by atoms with E-state index in [4.69, 9.17) is 9.84 Å². The van der Waals surface area contributed by atoms with Gasteiger partial charge in [0.05, 0.1) is 43.0 Å². The number of hydrogen-bond donors (Lipinski definition) is 2. The molecule has 0 amide bonds. The molecule has 9 nitrogen and oxygen atoms in total. The van der Waals surface area contributed by atoms with Gasteiger partial charge in [-0.1, -0.05) is 0 Å². The summed E-state index contributed by atoms with van der Waals surface area (Å²) < 4.78 is 6.55. The Hall–Kier alpha value is -2.94. The molecule has 1 aromatic carbocycles. The van der Waals surface area contributed by atoms with E-state index in [-0.39, 0.29) is 23.9 Å². The van der Waals surface area contributed by atoms with Gasteiger partial charge in [0.2, 0.25) is 0 Å². The van der Waals surface area contributed by atoms with Crippen LogP contribution in [0.1, 0.15) is 40.5 Å². The first-order chi connectivity index (χ1) is 12.5. The number of ether oxygens (including phenoxy) is 1. The van der Waals surface area contributed by atoms with E-state index in [1.54, 1.807) is 10.9 Å². The molecule has 1 aliphatic rings. The number of nitrogens with zero attached hydrogens (tertiary/aromatic N) is 3. The van der Waals surface area contributed by atoms with Gasteiger partial charge in [-0.3, -0.25) is 14.8 Å². The van der Waals surface area contributed by atoms with E-state index in [2.05, 4.69) is 10.4 Å². The molecule has 0 aliphatic heterocycles. The number of methoxy groups -OCH3 is 1. The van der Waals surface area contributed by atoms with E-state index in [0.717, 1.165) is 30.5 Å². The Labute approximate surface area is 149 Å². The van der Waals surface area contributed by atoms with E-state index >= 15 is 0 Å². The molecule has 1 heterocycles. The molecule has 26 heavy (non-hydrogen) atoms. The monoisotopic (exact) mass is 360 g/mol. The summed E-state index contributed by atoms with van der Waals surface area (Å²) in [6, 6.07) is 4.02. The number of anilines is 1. The zero-order chi connectivity index (χ0) is 18.7. The quantitative estimate of drug-likeness (QED) is 0.459. The maximum atomic E-state index is 12.1. The van der Waals surface area contributed by atoms with Crippen LogP contribution in [-0.2, 0) is 17.7 Å². The Kier molecular flexibility index (Phi) is 5.17. The van der Waals surface area contributed by atoms with Crippen LogP contribution < -0.4 is 5.32 Å². The predicted molar refractivity (Wildman–Crippen MR) is 93.1 cm³/mol. The summed E-state index contributed by atoms with van der Waals surface area (Å²) in [4.78, 5) is 22.5. The molecule has 1 unspecified atom stereocenters. The van der Waals surface area contributed by atoms with Crippen molar-refractivity contribution in [3.05, 3.63) is 51.3 Å². The third-order valence-corrected chi connectivity index (χ3v) is 4.52. The molecular weight excluding hydrogens is 340 g/mol. The van der Waals surface area contributed by atoms with Crippen molar-refractivity contribution in [3.8, 4) is 0 Å². The number of carbonyl (C=O) groups is 1. The highest BCUT2D eigenvalue weighted by molar-refractivity contribution is 5.96. The van der Waals surface area contributed by atoms with Gasteiger partial charge in [0.25, 0.3) is 5.69 Å². The molecule has 1 atom stereocenters. The van der Waals surface area contributed by atoms with E-state index in [1.165, 1.54) is 25.3 Å². The van der Waals surface area contributed by atoms with Gasteiger partial charge in [-0.25, -0.2) is 4.79 Å². The molecule has 1 aromatic heterocycles. The first-order valence-corrected chi connectivity index (χ1v) is 8.34. The minimum atomic E-state index is -0.636. The van der Waals surface area contributed by atoms with Gasteiger partial charge < -0.3 is 15.2 Å². The fourth-order valence-electron chi connectivity index (χ4n) is 3.29. The van der Waals surface area contributed by atoms with E-state index in [0.29, 0.717) is 12.2 Å². The van der Waals surface area contributed by atoms with Crippen LogP contribution in [0, 0.1) is 10.1 Å². The standard InChI is InChI=1S/C17H20N4O5/c1-26-17(23)12-9-11(21(24)25)5-6-15(12)19-14-3-2-4-16-13(14)10-18-20(16)7-8-22/h5-6,9-10,14,19,22H,2-4,7-8H2,1H3. The molecule has 0 spiro atoms. The number of benzene rings is 1. The van der Waals surface area contributed by atoms with Gasteiger partial charge in [0.15, 0.2) is 0 Å². The van der Waals surface area contributed by atoms with Crippen molar-refractivity contribution in [3.63, 3.8) is 0 Å². The smallest absolute Gasteiger partial charge is 0.340 e. The lowest BCUT2D eigenvalue weighted by molar-refractivity contribution is -0.384. The van der Waals surface area contributed by atoms with Gasteiger partial charge in [-0.05, 0) is 25.3 Å². The second kappa shape index (κ2) is 7.52.